The molecule has 0 aromatic carbocycles. The van der Waals surface area contributed by atoms with E-state index in [0.717, 1.165) is 10.6 Å². The zero-order chi connectivity index (χ0) is 15.9. The molecule has 1 aliphatic rings. The van der Waals surface area contributed by atoms with E-state index >= 15 is 0 Å². The van der Waals surface area contributed by atoms with Crippen LogP contribution in [-0.4, -0.2) is 44.3 Å². The quantitative estimate of drug-likeness (QED) is 0.926. The number of carbonyl (C=O) groups excluding carboxylic acids is 1. The van der Waals surface area contributed by atoms with Crippen LogP contribution in [0.4, 0.5) is 13.2 Å². The fourth-order valence-electron chi connectivity index (χ4n) is 2.79. The highest BCUT2D eigenvalue weighted by atomic mass is 19.4. The lowest BCUT2D eigenvalue weighted by molar-refractivity contribution is -0.169. The van der Waals surface area contributed by atoms with Gasteiger partial charge in [-0.25, -0.2) is 0 Å². The van der Waals surface area contributed by atoms with Gasteiger partial charge in [-0.1, -0.05) is 0 Å². The van der Waals surface area contributed by atoms with Gasteiger partial charge >= 0.3 is 6.18 Å². The zero-order valence-corrected chi connectivity index (χ0v) is 11.9. The first-order valence-electron chi connectivity index (χ1n) is 6.92. The predicted molar refractivity (Wildman–Crippen MR) is 73.1 cm³/mol. The van der Waals surface area contributed by atoms with Crippen LogP contribution in [0, 0.1) is 0 Å². The molecule has 0 saturated carbocycles. The highest BCUT2D eigenvalue weighted by molar-refractivity contribution is 5.93. The molecular formula is C14H15F3N4O. The van der Waals surface area contributed by atoms with Crippen LogP contribution >= 0.6 is 0 Å². The number of amides is 1. The molecular weight excluding hydrogens is 297 g/mol. The molecule has 1 atom stereocenters. The standard InChI is InChI=1S/C14H15F3N4O/c1-20-6-2-4-11(20)9-8-10(19-18-9)13(22)21-7-3-5-12(21)14(15,16)17/h2,4,6,8,12H,3,5,7H2,1H3,(H,18,19)/t12-/m0/s1. The Bertz CT molecular complexity index is 688. The second kappa shape index (κ2) is 5.19. The fourth-order valence-corrected chi connectivity index (χ4v) is 2.79. The first kappa shape index (κ1) is 14.7. The summed E-state index contributed by atoms with van der Waals surface area (Å²) < 4.78 is 40.7. The van der Waals surface area contributed by atoms with Crippen LogP contribution in [0.25, 0.3) is 11.4 Å². The summed E-state index contributed by atoms with van der Waals surface area (Å²) in [6, 6.07) is 3.43. The number of nitrogens with one attached hydrogen (secondary N) is 1. The minimum absolute atomic E-state index is 0.0476. The minimum Gasteiger partial charge on any atom is -0.349 e. The average molecular weight is 312 g/mol. The molecule has 1 amide bonds. The molecule has 1 aliphatic heterocycles. The van der Waals surface area contributed by atoms with Crippen LogP contribution in [-0.2, 0) is 7.05 Å². The molecule has 1 saturated heterocycles. The topological polar surface area (TPSA) is 53.9 Å². The number of H-pyrrole nitrogens is 1. The second-order valence-corrected chi connectivity index (χ2v) is 5.37. The summed E-state index contributed by atoms with van der Waals surface area (Å²) in [5.41, 5.74) is 1.38. The summed E-state index contributed by atoms with van der Waals surface area (Å²) in [5, 5.41) is 6.57. The molecule has 3 rings (SSSR count). The number of aryl methyl sites for hydroxylation is 1. The maximum absolute atomic E-state index is 12.9. The van der Waals surface area contributed by atoms with Gasteiger partial charge in [0.05, 0.1) is 5.69 Å². The van der Waals surface area contributed by atoms with E-state index in [1.54, 1.807) is 0 Å². The van der Waals surface area contributed by atoms with Gasteiger partial charge in [-0.2, -0.15) is 18.3 Å². The van der Waals surface area contributed by atoms with Crippen molar-refractivity contribution in [2.45, 2.75) is 25.1 Å². The van der Waals surface area contributed by atoms with E-state index in [-0.39, 0.29) is 18.7 Å². The van der Waals surface area contributed by atoms with E-state index in [4.69, 9.17) is 0 Å². The molecule has 0 unspecified atom stereocenters. The summed E-state index contributed by atoms with van der Waals surface area (Å²) in [7, 11) is 1.83. The Morgan fingerprint density at radius 3 is 2.86 bits per heavy atom. The van der Waals surface area contributed by atoms with Crippen molar-refractivity contribution >= 4 is 5.91 Å². The van der Waals surface area contributed by atoms with Crippen molar-refractivity contribution < 1.29 is 18.0 Å². The smallest absolute Gasteiger partial charge is 0.349 e. The Labute approximate surface area is 124 Å². The van der Waals surface area contributed by atoms with E-state index in [9.17, 15) is 18.0 Å². The monoisotopic (exact) mass is 312 g/mol. The Balaban J connectivity index is 1.84. The number of rotatable bonds is 2. The summed E-state index contributed by atoms with van der Waals surface area (Å²) in [6.45, 7) is 0.113. The highest BCUT2D eigenvalue weighted by Crippen LogP contribution is 2.33. The molecule has 2 aromatic heterocycles. The Morgan fingerprint density at radius 1 is 1.45 bits per heavy atom. The van der Waals surface area contributed by atoms with Crippen molar-refractivity contribution in [1.82, 2.24) is 19.7 Å². The maximum atomic E-state index is 12.9. The molecule has 0 aliphatic carbocycles. The number of nitrogens with zero attached hydrogens (tertiary/aromatic N) is 3. The molecule has 0 spiro atoms. The largest absolute Gasteiger partial charge is 0.408 e. The minimum atomic E-state index is -4.40. The highest BCUT2D eigenvalue weighted by Gasteiger charge is 2.48. The SMILES string of the molecule is Cn1cccc1-c1cc(C(=O)N2CCC[C@H]2C(F)(F)F)[nH]n1. The number of hydrogen-bond acceptors (Lipinski definition) is 2. The number of likely N-dealkylation sites (tertiary alicyclic amines) is 1. The average Bonchev–Trinajstić information content (AvgIpc) is 3.16. The fraction of sp³-hybridized carbons (Fsp3) is 0.429. The van der Waals surface area contributed by atoms with Crippen LogP contribution < -0.4 is 0 Å². The van der Waals surface area contributed by atoms with Crippen molar-refractivity contribution in [3.63, 3.8) is 0 Å². The number of aromatic nitrogens is 3. The predicted octanol–water partition coefficient (Wildman–Crippen LogP) is 2.58. The van der Waals surface area contributed by atoms with Gasteiger partial charge < -0.3 is 9.47 Å². The van der Waals surface area contributed by atoms with E-state index in [1.165, 1.54) is 6.07 Å². The molecule has 22 heavy (non-hydrogen) atoms. The molecule has 0 radical (unpaired) electrons. The normalized spacial score (nSPS) is 18.9. The Morgan fingerprint density at radius 2 is 2.23 bits per heavy atom. The third-order valence-electron chi connectivity index (χ3n) is 3.91. The van der Waals surface area contributed by atoms with Crippen molar-refractivity contribution in [3.8, 4) is 11.4 Å². The number of alkyl halides is 3. The van der Waals surface area contributed by atoms with Gasteiger partial charge in [0.1, 0.15) is 17.4 Å². The zero-order valence-electron chi connectivity index (χ0n) is 11.9. The van der Waals surface area contributed by atoms with Crippen molar-refractivity contribution in [2.24, 2.45) is 7.05 Å². The lowest BCUT2D eigenvalue weighted by Crippen LogP contribution is -2.44. The lowest BCUT2D eigenvalue weighted by Gasteiger charge is -2.25. The Hall–Kier alpha value is -2.25. The van der Waals surface area contributed by atoms with E-state index in [1.807, 2.05) is 29.9 Å². The van der Waals surface area contributed by atoms with Gasteiger partial charge in [-0.05, 0) is 31.0 Å². The maximum Gasteiger partial charge on any atom is 0.408 e. The molecule has 118 valence electrons. The summed E-state index contributed by atoms with van der Waals surface area (Å²) in [5.74, 6) is -0.659. The lowest BCUT2D eigenvalue weighted by atomic mass is 10.2. The van der Waals surface area contributed by atoms with Crippen molar-refractivity contribution in [1.29, 1.82) is 0 Å². The Kier molecular flexibility index (Phi) is 3.46. The van der Waals surface area contributed by atoms with Gasteiger partial charge in [0, 0.05) is 19.8 Å². The van der Waals surface area contributed by atoms with Crippen LogP contribution in [0.1, 0.15) is 23.3 Å². The number of carbonyl (C=O) groups is 1. The molecule has 1 N–H and O–H groups in total. The van der Waals surface area contributed by atoms with Gasteiger partial charge in [-0.15, -0.1) is 0 Å². The molecule has 3 heterocycles. The molecule has 1 fully saturated rings. The van der Waals surface area contributed by atoms with Gasteiger partial charge in [-0.3, -0.25) is 9.89 Å². The van der Waals surface area contributed by atoms with Crippen LogP contribution in [0.5, 0.6) is 0 Å². The van der Waals surface area contributed by atoms with E-state index in [2.05, 4.69) is 10.2 Å². The number of halogens is 3. The number of hydrogen-bond donors (Lipinski definition) is 1. The first-order chi connectivity index (χ1) is 10.4. The summed E-state index contributed by atoms with van der Waals surface area (Å²) in [4.78, 5) is 13.2. The first-order valence-corrected chi connectivity index (χ1v) is 6.92. The van der Waals surface area contributed by atoms with Gasteiger partial charge in [0.25, 0.3) is 5.91 Å². The molecule has 5 nitrogen and oxygen atoms in total. The van der Waals surface area contributed by atoms with Crippen LogP contribution in [0.3, 0.4) is 0 Å². The summed E-state index contributed by atoms with van der Waals surface area (Å²) in [6.07, 6.45) is -2.26. The van der Waals surface area contributed by atoms with Gasteiger partial charge in [0.2, 0.25) is 0 Å². The van der Waals surface area contributed by atoms with Gasteiger partial charge in [0.15, 0.2) is 0 Å². The molecule has 8 heteroatoms. The summed E-state index contributed by atoms with van der Waals surface area (Å²) >= 11 is 0. The van der Waals surface area contributed by atoms with Crippen molar-refractivity contribution in [3.05, 3.63) is 30.1 Å². The second-order valence-electron chi connectivity index (χ2n) is 5.37. The van der Waals surface area contributed by atoms with Crippen LogP contribution in [0.15, 0.2) is 24.4 Å². The number of aromatic amines is 1. The van der Waals surface area contributed by atoms with E-state index in [0.29, 0.717) is 12.1 Å². The third kappa shape index (κ3) is 2.49. The van der Waals surface area contributed by atoms with Crippen molar-refractivity contribution in [2.75, 3.05) is 6.54 Å². The van der Waals surface area contributed by atoms with Crippen LogP contribution in [0.2, 0.25) is 0 Å². The molecule has 0 bridgehead atoms. The third-order valence-corrected chi connectivity index (χ3v) is 3.91. The molecule has 2 aromatic rings. The van der Waals surface area contributed by atoms with E-state index < -0.39 is 18.1 Å².